The lowest BCUT2D eigenvalue weighted by atomic mass is 10.2. The fourth-order valence-corrected chi connectivity index (χ4v) is 1.61. The van der Waals surface area contributed by atoms with Gasteiger partial charge in [-0.25, -0.2) is 0 Å². The first-order valence-electron chi connectivity index (χ1n) is 5.33. The summed E-state index contributed by atoms with van der Waals surface area (Å²) in [6.07, 6.45) is 1.71. The van der Waals surface area contributed by atoms with E-state index in [2.05, 4.69) is 15.7 Å². The molecule has 6 nitrogen and oxygen atoms in total. The number of carbonyl (C=O) groups excluding carboxylic acids is 1. The van der Waals surface area contributed by atoms with Crippen LogP contribution < -0.4 is 10.6 Å². The van der Waals surface area contributed by atoms with Crippen LogP contribution in [0, 0.1) is 0 Å². The molecule has 1 unspecified atom stereocenters. The van der Waals surface area contributed by atoms with E-state index in [0.29, 0.717) is 19.8 Å². The number of morpholine rings is 1. The average Bonchev–Trinajstić information content (AvgIpc) is 2.73. The summed E-state index contributed by atoms with van der Waals surface area (Å²) in [6, 6.07) is 1.65. The van der Waals surface area contributed by atoms with Crippen molar-refractivity contribution in [1.29, 1.82) is 0 Å². The lowest BCUT2D eigenvalue weighted by Gasteiger charge is -2.22. The van der Waals surface area contributed by atoms with Gasteiger partial charge in [0.2, 0.25) is 5.91 Å². The first kappa shape index (κ1) is 11.1. The molecule has 0 saturated carbocycles. The van der Waals surface area contributed by atoms with Gasteiger partial charge in [0.1, 0.15) is 6.04 Å². The maximum atomic E-state index is 11.7. The van der Waals surface area contributed by atoms with Crippen LogP contribution in [0.5, 0.6) is 0 Å². The van der Waals surface area contributed by atoms with Gasteiger partial charge in [-0.15, -0.1) is 0 Å². The standard InChI is InChI=1S/C10H16N4O2/c1-14-8(2-3-13-14)6-12-10(15)9-7-16-5-4-11-9/h2-3,9,11H,4-7H2,1H3,(H,12,15). The highest BCUT2D eigenvalue weighted by Gasteiger charge is 2.20. The highest BCUT2D eigenvalue weighted by molar-refractivity contribution is 5.81. The molecule has 2 heterocycles. The summed E-state index contributed by atoms with van der Waals surface area (Å²) < 4.78 is 6.96. The molecule has 1 amide bonds. The Morgan fingerprint density at radius 1 is 1.81 bits per heavy atom. The summed E-state index contributed by atoms with van der Waals surface area (Å²) in [5.74, 6) is -0.0269. The lowest BCUT2D eigenvalue weighted by molar-refractivity contribution is -0.126. The first-order chi connectivity index (χ1) is 7.77. The van der Waals surface area contributed by atoms with Crippen molar-refractivity contribution >= 4 is 5.91 Å². The van der Waals surface area contributed by atoms with Crippen LogP contribution in [-0.2, 0) is 23.1 Å². The van der Waals surface area contributed by atoms with Gasteiger partial charge in [0, 0.05) is 19.8 Å². The van der Waals surface area contributed by atoms with Gasteiger partial charge in [-0.05, 0) is 6.07 Å². The minimum absolute atomic E-state index is 0.0269. The Bertz CT molecular complexity index is 357. The van der Waals surface area contributed by atoms with E-state index >= 15 is 0 Å². The highest BCUT2D eigenvalue weighted by atomic mass is 16.5. The molecule has 6 heteroatoms. The summed E-state index contributed by atoms with van der Waals surface area (Å²) in [5, 5.41) is 9.99. The third-order valence-corrected chi connectivity index (χ3v) is 2.60. The van der Waals surface area contributed by atoms with Crippen molar-refractivity contribution in [3.8, 4) is 0 Å². The van der Waals surface area contributed by atoms with Crippen molar-refractivity contribution in [2.75, 3.05) is 19.8 Å². The molecule has 0 bridgehead atoms. The predicted molar refractivity (Wildman–Crippen MR) is 57.7 cm³/mol. The van der Waals surface area contributed by atoms with Crippen LogP contribution in [-0.4, -0.2) is 41.5 Å². The van der Waals surface area contributed by atoms with Gasteiger partial charge in [-0.1, -0.05) is 0 Å². The summed E-state index contributed by atoms with van der Waals surface area (Å²) in [6.45, 7) is 2.33. The van der Waals surface area contributed by atoms with Crippen molar-refractivity contribution in [2.45, 2.75) is 12.6 Å². The zero-order chi connectivity index (χ0) is 11.4. The molecule has 0 aromatic carbocycles. The van der Waals surface area contributed by atoms with Crippen LogP contribution in [0.25, 0.3) is 0 Å². The molecule has 1 aliphatic rings. The number of carbonyl (C=O) groups is 1. The molecule has 0 aliphatic carbocycles. The van der Waals surface area contributed by atoms with Crippen molar-refractivity contribution < 1.29 is 9.53 Å². The monoisotopic (exact) mass is 224 g/mol. The minimum Gasteiger partial charge on any atom is -0.378 e. The lowest BCUT2D eigenvalue weighted by Crippen LogP contribution is -2.51. The molecule has 1 aromatic heterocycles. The largest absolute Gasteiger partial charge is 0.378 e. The smallest absolute Gasteiger partial charge is 0.239 e. The number of aryl methyl sites for hydroxylation is 1. The summed E-state index contributed by atoms with van der Waals surface area (Å²) >= 11 is 0. The van der Waals surface area contributed by atoms with E-state index in [1.165, 1.54) is 0 Å². The fraction of sp³-hybridized carbons (Fsp3) is 0.600. The van der Waals surface area contributed by atoms with Gasteiger partial charge in [0.15, 0.2) is 0 Å². The van der Waals surface area contributed by atoms with Gasteiger partial charge in [-0.3, -0.25) is 9.48 Å². The second-order valence-electron chi connectivity index (χ2n) is 3.75. The SMILES string of the molecule is Cn1nccc1CNC(=O)C1COCCN1. The third-order valence-electron chi connectivity index (χ3n) is 2.60. The van der Waals surface area contributed by atoms with Crippen molar-refractivity contribution in [2.24, 2.45) is 7.05 Å². The zero-order valence-corrected chi connectivity index (χ0v) is 9.27. The van der Waals surface area contributed by atoms with Crippen molar-refractivity contribution in [1.82, 2.24) is 20.4 Å². The van der Waals surface area contributed by atoms with E-state index in [0.717, 1.165) is 12.2 Å². The van der Waals surface area contributed by atoms with Gasteiger partial charge < -0.3 is 15.4 Å². The van der Waals surface area contributed by atoms with E-state index in [-0.39, 0.29) is 11.9 Å². The van der Waals surface area contributed by atoms with Crippen LogP contribution in [0.4, 0.5) is 0 Å². The Kier molecular flexibility index (Phi) is 3.53. The Morgan fingerprint density at radius 2 is 2.69 bits per heavy atom. The van der Waals surface area contributed by atoms with Crippen LogP contribution in [0.3, 0.4) is 0 Å². The Morgan fingerprint density at radius 3 is 3.31 bits per heavy atom. The Labute approximate surface area is 94.0 Å². The van der Waals surface area contributed by atoms with E-state index < -0.39 is 0 Å². The van der Waals surface area contributed by atoms with Crippen molar-refractivity contribution in [3.05, 3.63) is 18.0 Å². The molecule has 1 fully saturated rings. The van der Waals surface area contributed by atoms with Crippen molar-refractivity contribution in [3.63, 3.8) is 0 Å². The number of nitrogens with zero attached hydrogens (tertiary/aromatic N) is 2. The van der Waals surface area contributed by atoms with Crippen LogP contribution in [0.15, 0.2) is 12.3 Å². The molecule has 16 heavy (non-hydrogen) atoms. The van der Waals surface area contributed by atoms with E-state index in [4.69, 9.17) is 4.74 Å². The molecule has 2 rings (SSSR count). The first-order valence-corrected chi connectivity index (χ1v) is 5.33. The van der Waals surface area contributed by atoms with Crippen LogP contribution in [0.2, 0.25) is 0 Å². The van der Waals surface area contributed by atoms with Gasteiger partial charge in [0.25, 0.3) is 0 Å². The topological polar surface area (TPSA) is 68.2 Å². The Hall–Kier alpha value is -1.40. The second kappa shape index (κ2) is 5.09. The maximum absolute atomic E-state index is 11.7. The zero-order valence-electron chi connectivity index (χ0n) is 9.27. The third kappa shape index (κ3) is 2.59. The molecular formula is C10H16N4O2. The molecule has 2 N–H and O–H groups in total. The summed E-state index contributed by atoms with van der Waals surface area (Å²) in [5.41, 5.74) is 0.977. The van der Waals surface area contributed by atoms with Crippen LogP contribution >= 0.6 is 0 Å². The fourth-order valence-electron chi connectivity index (χ4n) is 1.61. The molecule has 88 valence electrons. The van der Waals surface area contributed by atoms with E-state index in [9.17, 15) is 4.79 Å². The Balaban J connectivity index is 1.81. The number of amides is 1. The van der Waals surface area contributed by atoms with E-state index in [1.54, 1.807) is 10.9 Å². The quantitative estimate of drug-likeness (QED) is 0.693. The van der Waals surface area contributed by atoms with E-state index in [1.807, 2.05) is 13.1 Å². The van der Waals surface area contributed by atoms with Gasteiger partial charge >= 0.3 is 0 Å². The second-order valence-corrected chi connectivity index (χ2v) is 3.75. The normalized spacial score (nSPS) is 20.7. The maximum Gasteiger partial charge on any atom is 0.239 e. The molecule has 0 radical (unpaired) electrons. The number of hydrogen-bond donors (Lipinski definition) is 2. The average molecular weight is 224 g/mol. The number of nitrogens with one attached hydrogen (secondary N) is 2. The number of aromatic nitrogens is 2. The number of ether oxygens (including phenoxy) is 1. The molecule has 1 atom stereocenters. The summed E-state index contributed by atoms with van der Waals surface area (Å²) in [4.78, 5) is 11.7. The molecule has 0 spiro atoms. The molecule has 1 aliphatic heterocycles. The highest BCUT2D eigenvalue weighted by Crippen LogP contribution is 1.97. The van der Waals surface area contributed by atoms with Crippen LogP contribution in [0.1, 0.15) is 5.69 Å². The molecule has 1 saturated heterocycles. The molecule has 1 aromatic rings. The number of rotatable bonds is 3. The van der Waals surface area contributed by atoms with Gasteiger partial charge in [-0.2, -0.15) is 5.10 Å². The van der Waals surface area contributed by atoms with Gasteiger partial charge in [0.05, 0.1) is 25.5 Å². The summed E-state index contributed by atoms with van der Waals surface area (Å²) in [7, 11) is 1.85. The predicted octanol–water partition coefficient (Wildman–Crippen LogP) is -0.975. The number of hydrogen-bond acceptors (Lipinski definition) is 4. The molecular weight excluding hydrogens is 208 g/mol. The minimum atomic E-state index is -0.234.